The van der Waals surface area contributed by atoms with Gasteiger partial charge in [-0.2, -0.15) is 0 Å². The van der Waals surface area contributed by atoms with Gasteiger partial charge in [-0.15, -0.1) is 0 Å². The molecule has 0 aliphatic rings. The van der Waals surface area contributed by atoms with Crippen LogP contribution in [-0.4, -0.2) is 13.1 Å². The zero-order chi connectivity index (χ0) is 8.97. The third-order valence-corrected chi connectivity index (χ3v) is 2.31. The highest BCUT2D eigenvalue weighted by molar-refractivity contribution is 7.80. The molecule has 0 unspecified atom stereocenters. The lowest BCUT2D eigenvalue weighted by atomic mass is 10.3. The van der Waals surface area contributed by atoms with Gasteiger partial charge in [0.05, 0.1) is 10.6 Å². The van der Waals surface area contributed by atoms with Gasteiger partial charge in [0.1, 0.15) is 0 Å². The molecule has 0 saturated carbocycles. The summed E-state index contributed by atoms with van der Waals surface area (Å²) in [6.45, 7) is 6.32. The molecule has 12 heavy (non-hydrogen) atoms. The largest absolute Gasteiger partial charge is 0.371 e. The van der Waals surface area contributed by atoms with Gasteiger partial charge in [0.15, 0.2) is 0 Å². The number of hydrogen-bond donors (Lipinski definition) is 0. The standard InChI is InChI=1S/C10H14NS/c1-3-11(4-2)9-7-5-6-8-10(9)12/h5-8H,3-4H2,1-2H3. The first-order valence-electron chi connectivity index (χ1n) is 4.30. The predicted molar refractivity (Wildman–Crippen MR) is 55.9 cm³/mol. The molecule has 0 aliphatic carbocycles. The van der Waals surface area contributed by atoms with Crippen molar-refractivity contribution in [2.75, 3.05) is 18.0 Å². The number of rotatable bonds is 3. The second-order valence-corrected chi connectivity index (χ2v) is 3.08. The lowest BCUT2D eigenvalue weighted by molar-refractivity contribution is 0.856. The van der Waals surface area contributed by atoms with Crippen molar-refractivity contribution in [2.45, 2.75) is 18.7 Å². The monoisotopic (exact) mass is 180 g/mol. The van der Waals surface area contributed by atoms with Crippen LogP contribution in [0.15, 0.2) is 29.2 Å². The van der Waals surface area contributed by atoms with E-state index in [1.165, 1.54) is 5.69 Å². The third kappa shape index (κ3) is 1.89. The van der Waals surface area contributed by atoms with Crippen molar-refractivity contribution in [1.82, 2.24) is 0 Å². The summed E-state index contributed by atoms with van der Waals surface area (Å²) in [5.74, 6) is 0. The van der Waals surface area contributed by atoms with E-state index in [1.807, 2.05) is 18.2 Å². The fourth-order valence-electron chi connectivity index (χ4n) is 1.28. The van der Waals surface area contributed by atoms with Gasteiger partial charge in [0.25, 0.3) is 0 Å². The van der Waals surface area contributed by atoms with Crippen LogP contribution < -0.4 is 4.90 Å². The minimum absolute atomic E-state index is 0.946. The van der Waals surface area contributed by atoms with Crippen molar-refractivity contribution in [1.29, 1.82) is 0 Å². The molecule has 1 rings (SSSR count). The molecule has 0 amide bonds. The number of benzene rings is 1. The predicted octanol–water partition coefficient (Wildman–Crippen LogP) is 3.09. The molecule has 0 spiro atoms. The van der Waals surface area contributed by atoms with Crippen molar-refractivity contribution >= 4 is 18.3 Å². The number of para-hydroxylation sites is 1. The molecule has 1 radical (unpaired) electrons. The molecule has 0 aliphatic heterocycles. The molecule has 1 aromatic rings. The molecule has 0 bridgehead atoms. The highest BCUT2D eigenvalue weighted by atomic mass is 32.1. The summed E-state index contributed by atoms with van der Waals surface area (Å²) < 4.78 is 0. The van der Waals surface area contributed by atoms with Crippen LogP contribution in [0.1, 0.15) is 13.8 Å². The molecule has 0 aromatic heterocycles. The zero-order valence-electron chi connectivity index (χ0n) is 7.58. The van der Waals surface area contributed by atoms with Gasteiger partial charge in [0.2, 0.25) is 0 Å². The topological polar surface area (TPSA) is 3.24 Å². The maximum Gasteiger partial charge on any atom is 0.0610 e. The van der Waals surface area contributed by atoms with E-state index in [0.717, 1.165) is 18.0 Å². The lowest BCUT2D eigenvalue weighted by Crippen LogP contribution is -2.22. The Morgan fingerprint density at radius 1 is 1.17 bits per heavy atom. The van der Waals surface area contributed by atoms with E-state index in [1.54, 1.807) is 0 Å². The Morgan fingerprint density at radius 3 is 2.25 bits per heavy atom. The summed E-state index contributed by atoms with van der Waals surface area (Å²) in [4.78, 5) is 3.21. The molecule has 2 heteroatoms. The third-order valence-electron chi connectivity index (χ3n) is 1.97. The minimum atomic E-state index is 0.946. The van der Waals surface area contributed by atoms with Crippen LogP contribution in [-0.2, 0) is 0 Å². The number of anilines is 1. The molecule has 0 heterocycles. The Hall–Kier alpha value is -0.760. The van der Waals surface area contributed by atoms with Crippen molar-refractivity contribution in [3.63, 3.8) is 0 Å². The summed E-state index contributed by atoms with van der Waals surface area (Å²) in [5.41, 5.74) is 1.18. The van der Waals surface area contributed by atoms with Crippen molar-refractivity contribution in [3.8, 4) is 0 Å². The van der Waals surface area contributed by atoms with Crippen LogP contribution in [0.5, 0.6) is 0 Å². The maximum atomic E-state index is 5.22. The van der Waals surface area contributed by atoms with E-state index < -0.39 is 0 Å². The van der Waals surface area contributed by atoms with E-state index in [9.17, 15) is 0 Å². The Labute approximate surface area is 79.8 Å². The van der Waals surface area contributed by atoms with Gasteiger partial charge in [-0.3, -0.25) is 0 Å². The van der Waals surface area contributed by atoms with Crippen LogP contribution in [0, 0.1) is 0 Å². The summed E-state index contributed by atoms with van der Waals surface area (Å²) >= 11 is 5.22. The molecule has 0 N–H and O–H groups in total. The van der Waals surface area contributed by atoms with Crippen molar-refractivity contribution in [3.05, 3.63) is 24.3 Å². The minimum Gasteiger partial charge on any atom is -0.371 e. The number of nitrogens with zero attached hydrogens (tertiary/aromatic N) is 1. The van der Waals surface area contributed by atoms with E-state index in [0.29, 0.717) is 0 Å². The van der Waals surface area contributed by atoms with Crippen molar-refractivity contribution < 1.29 is 0 Å². The Bertz CT molecular complexity index is 243. The van der Waals surface area contributed by atoms with Crippen LogP contribution in [0.4, 0.5) is 5.69 Å². The Kier molecular flexibility index (Phi) is 3.35. The first-order chi connectivity index (χ1) is 5.79. The van der Waals surface area contributed by atoms with E-state index in [2.05, 4.69) is 24.8 Å². The normalized spacial score (nSPS) is 9.83. The first kappa shape index (κ1) is 9.33. The summed E-state index contributed by atoms with van der Waals surface area (Å²) in [6, 6.07) is 8.07. The average Bonchev–Trinajstić information content (AvgIpc) is 2.10. The zero-order valence-corrected chi connectivity index (χ0v) is 8.40. The summed E-state index contributed by atoms with van der Waals surface area (Å²) in [5, 5.41) is 0. The van der Waals surface area contributed by atoms with Crippen LogP contribution >= 0.6 is 12.6 Å². The quantitative estimate of drug-likeness (QED) is 0.691. The molecule has 65 valence electrons. The molecule has 1 aromatic carbocycles. The first-order valence-corrected chi connectivity index (χ1v) is 4.71. The molecule has 0 atom stereocenters. The second-order valence-electron chi connectivity index (χ2n) is 2.64. The molecular weight excluding hydrogens is 166 g/mol. The fraction of sp³-hybridized carbons (Fsp3) is 0.400. The van der Waals surface area contributed by atoms with E-state index in [4.69, 9.17) is 12.6 Å². The van der Waals surface area contributed by atoms with Gasteiger partial charge in [0, 0.05) is 13.1 Å². The van der Waals surface area contributed by atoms with Crippen LogP contribution in [0.3, 0.4) is 0 Å². The van der Waals surface area contributed by atoms with E-state index in [-0.39, 0.29) is 0 Å². The maximum absolute atomic E-state index is 5.22. The summed E-state index contributed by atoms with van der Waals surface area (Å²) in [7, 11) is 0. The van der Waals surface area contributed by atoms with Gasteiger partial charge in [-0.1, -0.05) is 24.8 Å². The average molecular weight is 180 g/mol. The highest BCUT2D eigenvalue weighted by Gasteiger charge is 2.03. The second kappa shape index (κ2) is 4.31. The molecule has 0 fully saturated rings. The summed E-state index contributed by atoms with van der Waals surface area (Å²) in [6.07, 6.45) is 0. The smallest absolute Gasteiger partial charge is 0.0610 e. The number of hydrogen-bond acceptors (Lipinski definition) is 1. The molecule has 1 nitrogen and oxygen atoms in total. The van der Waals surface area contributed by atoms with Gasteiger partial charge in [-0.05, 0) is 26.0 Å². The Balaban J connectivity index is 2.92. The van der Waals surface area contributed by atoms with Gasteiger partial charge in [-0.25, -0.2) is 0 Å². The van der Waals surface area contributed by atoms with E-state index >= 15 is 0 Å². The van der Waals surface area contributed by atoms with Gasteiger partial charge < -0.3 is 4.90 Å². The van der Waals surface area contributed by atoms with Crippen LogP contribution in [0.2, 0.25) is 0 Å². The lowest BCUT2D eigenvalue weighted by Gasteiger charge is -2.21. The molecular formula is C10H14NS. The SMILES string of the molecule is CCN(CC)c1ccccc1[S]. The molecule has 0 saturated heterocycles. The Morgan fingerprint density at radius 2 is 1.75 bits per heavy atom. The van der Waals surface area contributed by atoms with Gasteiger partial charge >= 0.3 is 0 Å². The van der Waals surface area contributed by atoms with Crippen molar-refractivity contribution in [2.24, 2.45) is 0 Å². The van der Waals surface area contributed by atoms with Crippen LogP contribution in [0.25, 0.3) is 0 Å². The fourth-order valence-corrected chi connectivity index (χ4v) is 1.56. The highest BCUT2D eigenvalue weighted by Crippen LogP contribution is 2.22.